The minimum absolute atomic E-state index is 0.000489. The van der Waals surface area contributed by atoms with Crippen LogP contribution in [0.15, 0.2) is 30.3 Å². The van der Waals surface area contributed by atoms with Crippen molar-refractivity contribution in [2.45, 2.75) is 13.3 Å². The van der Waals surface area contributed by atoms with E-state index < -0.39 is 0 Å². The molecule has 1 aromatic carbocycles. The SMILES string of the molecule is CCOC(=O)CN(C)C(=O)Cc1ccccc1. The van der Waals surface area contributed by atoms with E-state index in [9.17, 15) is 9.59 Å². The summed E-state index contributed by atoms with van der Waals surface area (Å²) in [4.78, 5) is 24.3. The first-order valence-electron chi connectivity index (χ1n) is 5.57. The van der Waals surface area contributed by atoms with Gasteiger partial charge in [-0.3, -0.25) is 9.59 Å². The summed E-state index contributed by atoms with van der Waals surface area (Å²) in [5.41, 5.74) is 0.938. The fraction of sp³-hybridized carbons (Fsp3) is 0.385. The number of amides is 1. The first-order valence-corrected chi connectivity index (χ1v) is 5.57. The molecule has 0 radical (unpaired) electrons. The summed E-state index contributed by atoms with van der Waals surface area (Å²) in [6, 6.07) is 9.43. The first kappa shape index (κ1) is 13.2. The molecule has 0 N–H and O–H groups in total. The van der Waals surface area contributed by atoms with E-state index in [1.54, 1.807) is 14.0 Å². The Morgan fingerprint density at radius 1 is 1.24 bits per heavy atom. The van der Waals surface area contributed by atoms with Crippen molar-refractivity contribution in [2.24, 2.45) is 0 Å². The standard InChI is InChI=1S/C13H17NO3/c1-3-17-13(16)10-14(2)12(15)9-11-7-5-4-6-8-11/h4-8H,3,9-10H2,1-2H3. The number of esters is 1. The van der Waals surface area contributed by atoms with E-state index in [0.29, 0.717) is 13.0 Å². The van der Waals surface area contributed by atoms with E-state index in [-0.39, 0.29) is 18.4 Å². The molecule has 0 aromatic heterocycles. The van der Waals surface area contributed by atoms with Gasteiger partial charge in [-0.05, 0) is 12.5 Å². The summed E-state index contributed by atoms with van der Waals surface area (Å²) in [6.45, 7) is 2.07. The third-order valence-electron chi connectivity index (χ3n) is 2.30. The van der Waals surface area contributed by atoms with Gasteiger partial charge in [-0.2, -0.15) is 0 Å². The lowest BCUT2D eigenvalue weighted by molar-refractivity contribution is -0.147. The smallest absolute Gasteiger partial charge is 0.325 e. The fourth-order valence-electron chi connectivity index (χ4n) is 1.39. The summed E-state index contributed by atoms with van der Waals surface area (Å²) < 4.78 is 4.78. The summed E-state index contributed by atoms with van der Waals surface area (Å²) in [6.07, 6.45) is 0.302. The van der Waals surface area contributed by atoms with Crippen LogP contribution in [-0.4, -0.2) is 37.0 Å². The van der Waals surface area contributed by atoms with Crippen LogP contribution in [-0.2, 0) is 20.7 Å². The van der Waals surface area contributed by atoms with Crippen molar-refractivity contribution >= 4 is 11.9 Å². The highest BCUT2D eigenvalue weighted by Crippen LogP contribution is 2.02. The number of carbonyl (C=O) groups excluding carboxylic acids is 2. The topological polar surface area (TPSA) is 46.6 Å². The predicted molar refractivity (Wildman–Crippen MR) is 64.4 cm³/mol. The van der Waals surface area contributed by atoms with Crippen molar-refractivity contribution < 1.29 is 14.3 Å². The zero-order valence-corrected chi connectivity index (χ0v) is 10.2. The van der Waals surface area contributed by atoms with Gasteiger partial charge >= 0.3 is 5.97 Å². The van der Waals surface area contributed by atoms with E-state index in [0.717, 1.165) is 5.56 Å². The minimum Gasteiger partial charge on any atom is -0.465 e. The second-order valence-electron chi connectivity index (χ2n) is 3.72. The van der Waals surface area contributed by atoms with Crippen molar-refractivity contribution in [3.63, 3.8) is 0 Å². The van der Waals surface area contributed by atoms with E-state index in [4.69, 9.17) is 4.74 Å². The number of nitrogens with zero attached hydrogens (tertiary/aromatic N) is 1. The van der Waals surface area contributed by atoms with E-state index in [1.807, 2.05) is 30.3 Å². The Kier molecular flexibility index (Phi) is 5.20. The Morgan fingerprint density at radius 2 is 1.88 bits per heavy atom. The van der Waals surface area contributed by atoms with Crippen molar-refractivity contribution in [2.75, 3.05) is 20.2 Å². The van der Waals surface area contributed by atoms with Crippen molar-refractivity contribution in [3.8, 4) is 0 Å². The molecule has 0 bridgehead atoms. The second kappa shape index (κ2) is 6.68. The van der Waals surface area contributed by atoms with Gasteiger partial charge in [0.15, 0.2) is 0 Å². The number of ether oxygens (including phenoxy) is 1. The molecule has 0 aliphatic rings. The van der Waals surface area contributed by atoms with Crippen molar-refractivity contribution in [1.82, 2.24) is 4.90 Å². The first-order chi connectivity index (χ1) is 8.13. The summed E-state index contributed by atoms with van der Waals surface area (Å²) in [7, 11) is 1.60. The molecule has 0 unspecified atom stereocenters. The molecule has 1 rings (SSSR count). The molecule has 1 aromatic rings. The number of hydrogen-bond donors (Lipinski definition) is 0. The maximum absolute atomic E-state index is 11.8. The molecule has 0 spiro atoms. The highest BCUT2D eigenvalue weighted by molar-refractivity contribution is 5.83. The van der Waals surface area contributed by atoms with Crippen LogP contribution in [0, 0.1) is 0 Å². The predicted octanol–water partition coefficient (Wildman–Crippen LogP) is 1.25. The number of carbonyl (C=O) groups is 2. The van der Waals surface area contributed by atoms with Gasteiger partial charge in [-0.15, -0.1) is 0 Å². The Hall–Kier alpha value is -1.84. The maximum Gasteiger partial charge on any atom is 0.325 e. The third kappa shape index (κ3) is 4.68. The van der Waals surface area contributed by atoms with Crippen LogP contribution in [0.1, 0.15) is 12.5 Å². The molecule has 0 heterocycles. The second-order valence-corrected chi connectivity index (χ2v) is 3.72. The summed E-state index contributed by atoms with van der Waals surface area (Å²) in [5.74, 6) is -0.472. The lowest BCUT2D eigenvalue weighted by Crippen LogP contribution is -2.34. The van der Waals surface area contributed by atoms with Crippen LogP contribution in [0.4, 0.5) is 0 Å². The van der Waals surface area contributed by atoms with Gasteiger partial charge < -0.3 is 9.64 Å². The Labute approximate surface area is 101 Å². The normalized spacial score (nSPS) is 9.76. The highest BCUT2D eigenvalue weighted by Gasteiger charge is 2.13. The third-order valence-corrected chi connectivity index (χ3v) is 2.30. The van der Waals surface area contributed by atoms with Crippen LogP contribution in [0.2, 0.25) is 0 Å². The van der Waals surface area contributed by atoms with E-state index >= 15 is 0 Å². The number of benzene rings is 1. The van der Waals surface area contributed by atoms with E-state index in [2.05, 4.69) is 0 Å². The highest BCUT2D eigenvalue weighted by atomic mass is 16.5. The summed E-state index contributed by atoms with van der Waals surface area (Å²) in [5, 5.41) is 0. The molecular weight excluding hydrogens is 218 g/mol. The number of hydrogen-bond acceptors (Lipinski definition) is 3. The molecular formula is C13H17NO3. The number of likely N-dealkylation sites (N-methyl/N-ethyl adjacent to an activating group) is 1. The molecule has 0 atom stereocenters. The van der Waals surface area contributed by atoms with Crippen LogP contribution < -0.4 is 0 Å². The Morgan fingerprint density at radius 3 is 2.47 bits per heavy atom. The number of rotatable bonds is 5. The summed E-state index contributed by atoms with van der Waals surface area (Å²) >= 11 is 0. The average molecular weight is 235 g/mol. The average Bonchev–Trinajstić information content (AvgIpc) is 2.30. The van der Waals surface area contributed by atoms with Gasteiger partial charge in [0.1, 0.15) is 6.54 Å². The van der Waals surface area contributed by atoms with Crippen molar-refractivity contribution in [3.05, 3.63) is 35.9 Å². The van der Waals surface area contributed by atoms with Crippen LogP contribution in [0.5, 0.6) is 0 Å². The van der Waals surface area contributed by atoms with Crippen LogP contribution >= 0.6 is 0 Å². The van der Waals surface area contributed by atoms with E-state index in [1.165, 1.54) is 4.90 Å². The van der Waals surface area contributed by atoms with Gasteiger partial charge in [-0.25, -0.2) is 0 Å². The fourth-order valence-corrected chi connectivity index (χ4v) is 1.39. The van der Waals surface area contributed by atoms with Crippen LogP contribution in [0.25, 0.3) is 0 Å². The molecule has 1 amide bonds. The molecule has 0 saturated carbocycles. The van der Waals surface area contributed by atoms with Gasteiger partial charge in [0.25, 0.3) is 0 Å². The zero-order valence-electron chi connectivity index (χ0n) is 10.2. The maximum atomic E-state index is 11.8. The molecule has 17 heavy (non-hydrogen) atoms. The molecule has 0 fully saturated rings. The minimum atomic E-state index is -0.378. The lowest BCUT2D eigenvalue weighted by Gasteiger charge is -2.15. The molecule has 4 nitrogen and oxygen atoms in total. The van der Waals surface area contributed by atoms with Gasteiger partial charge in [0.05, 0.1) is 13.0 Å². The van der Waals surface area contributed by atoms with Gasteiger partial charge in [0.2, 0.25) is 5.91 Å². The largest absolute Gasteiger partial charge is 0.465 e. The monoisotopic (exact) mass is 235 g/mol. The molecule has 4 heteroatoms. The molecule has 0 saturated heterocycles. The Balaban J connectivity index is 2.45. The molecule has 0 aliphatic carbocycles. The lowest BCUT2D eigenvalue weighted by atomic mass is 10.1. The quantitative estimate of drug-likeness (QED) is 0.722. The molecule has 0 aliphatic heterocycles. The zero-order chi connectivity index (χ0) is 12.7. The van der Waals surface area contributed by atoms with Crippen molar-refractivity contribution in [1.29, 1.82) is 0 Å². The van der Waals surface area contributed by atoms with Crippen LogP contribution in [0.3, 0.4) is 0 Å². The Bertz CT molecular complexity index is 376. The van der Waals surface area contributed by atoms with Gasteiger partial charge in [0, 0.05) is 7.05 Å². The molecule has 92 valence electrons. The van der Waals surface area contributed by atoms with Gasteiger partial charge in [-0.1, -0.05) is 30.3 Å².